The van der Waals surface area contributed by atoms with Crippen LogP contribution in [0.1, 0.15) is 31.7 Å². The van der Waals surface area contributed by atoms with Crippen LogP contribution in [-0.2, 0) is 6.54 Å². The van der Waals surface area contributed by atoms with E-state index in [9.17, 15) is 5.11 Å². The van der Waals surface area contributed by atoms with Crippen LogP contribution in [0.2, 0.25) is 0 Å². The Hall–Kier alpha value is -0.900. The fraction of sp³-hybridized carbons (Fsp3) is 0.625. The van der Waals surface area contributed by atoms with Gasteiger partial charge in [0.25, 0.3) is 0 Å². The van der Waals surface area contributed by atoms with Gasteiger partial charge in [-0.2, -0.15) is 0 Å². The zero-order chi connectivity index (χ0) is 13.7. The summed E-state index contributed by atoms with van der Waals surface area (Å²) >= 11 is 0. The Morgan fingerprint density at radius 1 is 1.26 bits per heavy atom. The molecule has 0 aliphatic carbocycles. The van der Waals surface area contributed by atoms with E-state index in [2.05, 4.69) is 35.2 Å². The van der Waals surface area contributed by atoms with Crippen molar-refractivity contribution in [3.05, 3.63) is 35.9 Å². The highest BCUT2D eigenvalue weighted by molar-refractivity contribution is 5.14. The van der Waals surface area contributed by atoms with Crippen LogP contribution in [0.3, 0.4) is 0 Å². The van der Waals surface area contributed by atoms with Gasteiger partial charge in [0, 0.05) is 13.1 Å². The molecule has 0 radical (unpaired) electrons. The van der Waals surface area contributed by atoms with Crippen molar-refractivity contribution in [3.8, 4) is 0 Å². The Bertz CT molecular complexity index is 378. The maximum Gasteiger partial charge on any atom is 0.0769 e. The van der Waals surface area contributed by atoms with Gasteiger partial charge in [0.1, 0.15) is 0 Å². The number of nitrogens with two attached hydrogens (primary N) is 1. The zero-order valence-electron chi connectivity index (χ0n) is 11.9. The number of rotatable bonds is 4. The molecule has 2 atom stereocenters. The molecular formula is C16H26N2O. The van der Waals surface area contributed by atoms with Gasteiger partial charge in [0.15, 0.2) is 0 Å². The van der Waals surface area contributed by atoms with E-state index < -0.39 is 5.60 Å². The first-order valence-corrected chi connectivity index (χ1v) is 7.30. The molecule has 0 amide bonds. The van der Waals surface area contributed by atoms with Gasteiger partial charge < -0.3 is 10.8 Å². The summed E-state index contributed by atoms with van der Waals surface area (Å²) in [6, 6.07) is 10.6. The third-order valence-corrected chi connectivity index (χ3v) is 4.36. The minimum Gasteiger partial charge on any atom is -0.389 e. The minimum absolute atomic E-state index is 0.332. The summed E-state index contributed by atoms with van der Waals surface area (Å²) < 4.78 is 0. The standard InChI is InChI=1S/C16H26N2O/c1-16(19,13-17)15-8-5-10-18(11-9-15)12-14-6-3-2-4-7-14/h2-4,6-7,15,19H,5,8-13,17H2,1H3. The summed E-state index contributed by atoms with van der Waals surface area (Å²) in [7, 11) is 0. The lowest BCUT2D eigenvalue weighted by Crippen LogP contribution is -2.42. The first-order chi connectivity index (χ1) is 9.12. The first kappa shape index (κ1) is 14.5. The summed E-state index contributed by atoms with van der Waals surface area (Å²) in [6.07, 6.45) is 3.26. The largest absolute Gasteiger partial charge is 0.389 e. The van der Waals surface area contributed by atoms with Gasteiger partial charge in [-0.1, -0.05) is 30.3 Å². The lowest BCUT2D eigenvalue weighted by atomic mass is 9.84. The molecule has 1 aromatic rings. The van der Waals surface area contributed by atoms with Crippen molar-refractivity contribution in [1.82, 2.24) is 4.90 Å². The number of hydrogen-bond donors (Lipinski definition) is 2. The second kappa shape index (κ2) is 6.51. The molecule has 1 aromatic carbocycles. The molecule has 3 heteroatoms. The average molecular weight is 262 g/mol. The van der Waals surface area contributed by atoms with Crippen molar-refractivity contribution >= 4 is 0 Å². The summed E-state index contributed by atoms with van der Waals surface area (Å²) in [4.78, 5) is 2.49. The highest BCUT2D eigenvalue weighted by Gasteiger charge is 2.31. The third kappa shape index (κ3) is 4.03. The van der Waals surface area contributed by atoms with Crippen molar-refractivity contribution < 1.29 is 5.11 Å². The second-order valence-corrected chi connectivity index (χ2v) is 5.95. The predicted octanol–water partition coefficient (Wildman–Crippen LogP) is 2.00. The summed E-state index contributed by atoms with van der Waals surface area (Å²) in [5.74, 6) is 0.332. The van der Waals surface area contributed by atoms with E-state index in [-0.39, 0.29) is 0 Å². The van der Waals surface area contributed by atoms with Crippen LogP contribution in [0.25, 0.3) is 0 Å². The van der Waals surface area contributed by atoms with Gasteiger partial charge in [-0.3, -0.25) is 4.90 Å². The maximum absolute atomic E-state index is 10.3. The molecule has 0 spiro atoms. The number of nitrogens with zero attached hydrogens (tertiary/aromatic N) is 1. The van der Waals surface area contributed by atoms with Crippen LogP contribution in [0.5, 0.6) is 0 Å². The molecule has 1 fully saturated rings. The number of hydrogen-bond acceptors (Lipinski definition) is 3. The molecule has 106 valence electrons. The molecule has 0 saturated carbocycles. The van der Waals surface area contributed by atoms with Crippen molar-refractivity contribution in [2.45, 2.75) is 38.3 Å². The number of likely N-dealkylation sites (tertiary alicyclic amines) is 1. The molecule has 1 aliphatic heterocycles. The highest BCUT2D eigenvalue weighted by Crippen LogP contribution is 2.28. The molecule has 0 aromatic heterocycles. The molecule has 1 aliphatic rings. The predicted molar refractivity (Wildman–Crippen MR) is 78.7 cm³/mol. The second-order valence-electron chi connectivity index (χ2n) is 5.95. The third-order valence-electron chi connectivity index (χ3n) is 4.36. The SMILES string of the molecule is CC(O)(CN)C1CCCN(Cc2ccccc2)CC1. The van der Waals surface area contributed by atoms with Gasteiger partial charge in [-0.05, 0) is 50.8 Å². The van der Waals surface area contributed by atoms with E-state index in [1.165, 1.54) is 5.56 Å². The smallest absolute Gasteiger partial charge is 0.0769 e. The van der Waals surface area contributed by atoms with E-state index >= 15 is 0 Å². The van der Waals surface area contributed by atoms with E-state index in [1.54, 1.807) is 0 Å². The van der Waals surface area contributed by atoms with Crippen molar-refractivity contribution in [2.24, 2.45) is 11.7 Å². The van der Waals surface area contributed by atoms with Crippen molar-refractivity contribution in [3.63, 3.8) is 0 Å². The number of aliphatic hydroxyl groups is 1. The molecular weight excluding hydrogens is 236 g/mol. The molecule has 2 unspecified atom stereocenters. The molecule has 0 bridgehead atoms. The van der Waals surface area contributed by atoms with Crippen molar-refractivity contribution in [2.75, 3.05) is 19.6 Å². The molecule has 19 heavy (non-hydrogen) atoms. The Balaban J connectivity index is 1.90. The quantitative estimate of drug-likeness (QED) is 0.872. The van der Waals surface area contributed by atoms with E-state index in [0.29, 0.717) is 12.5 Å². The lowest BCUT2D eigenvalue weighted by Gasteiger charge is -2.31. The van der Waals surface area contributed by atoms with Gasteiger partial charge in [-0.15, -0.1) is 0 Å². The Morgan fingerprint density at radius 3 is 2.68 bits per heavy atom. The molecule has 3 nitrogen and oxygen atoms in total. The van der Waals surface area contributed by atoms with E-state index in [4.69, 9.17) is 5.73 Å². The maximum atomic E-state index is 10.3. The minimum atomic E-state index is -0.706. The monoisotopic (exact) mass is 262 g/mol. The summed E-state index contributed by atoms with van der Waals surface area (Å²) in [6.45, 7) is 5.42. The normalized spacial score (nSPS) is 24.7. The van der Waals surface area contributed by atoms with E-state index in [0.717, 1.165) is 38.9 Å². The highest BCUT2D eigenvalue weighted by atomic mass is 16.3. The fourth-order valence-electron chi connectivity index (χ4n) is 2.94. The van der Waals surface area contributed by atoms with Crippen molar-refractivity contribution in [1.29, 1.82) is 0 Å². The van der Waals surface area contributed by atoms with Gasteiger partial charge in [0.2, 0.25) is 0 Å². The van der Waals surface area contributed by atoms with Crippen LogP contribution in [0.15, 0.2) is 30.3 Å². The Labute approximate surface area is 116 Å². The average Bonchev–Trinajstić information content (AvgIpc) is 2.66. The molecule has 1 saturated heterocycles. The summed E-state index contributed by atoms with van der Waals surface area (Å²) in [5.41, 5.74) is 6.34. The molecule has 3 N–H and O–H groups in total. The molecule has 2 rings (SSSR count). The van der Waals surface area contributed by atoms with Crippen LogP contribution in [0.4, 0.5) is 0 Å². The number of benzene rings is 1. The van der Waals surface area contributed by atoms with Gasteiger partial charge >= 0.3 is 0 Å². The van der Waals surface area contributed by atoms with Gasteiger partial charge in [-0.25, -0.2) is 0 Å². The topological polar surface area (TPSA) is 49.5 Å². The Kier molecular flexibility index (Phi) is 4.97. The Morgan fingerprint density at radius 2 is 2.00 bits per heavy atom. The van der Waals surface area contributed by atoms with Crippen LogP contribution in [-0.4, -0.2) is 35.2 Å². The van der Waals surface area contributed by atoms with E-state index in [1.807, 2.05) is 6.92 Å². The lowest BCUT2D eigenvalue weighted by molar-refractivity contribution is 0.00118. The first-order valence-electron chi connectivity index (χ1n) is 7.30. The summed E-state index contributed by atoms with van der Waals surface area (Å²) in [5, 5.41) is 10.3. The molecule has 1 heterocycles. The van der Waals surface area contributed by atoms with Crippen LogP contribution < -0.4 is 5.73 Å². The van der Waals surface area contributed by atoms with Gasteiger partial charge in [0.05, 0.1) is 5.60 Å². The fourth-order valence-corrected chi connectivity index (χ4v) is 2.94. The van der Waals surface area contributed by atoms with Crippen LogP contribution >= 0.6 is 0 Å². The van der Waals surface area contributed by atoms with Crippen LogP contribution in [0, 0.1) is 5.92 Å². The zero-order valence-corrected chi connectivity index (χ0v) is 11.9.